The first kappa shape index (κ1) is 8.94. The van der Waals surface area contributed by atoms with Crippen molar-refractivity contribution in [2.75, 3.05) is 0 Å². The van der Waals surface area contributed by atoms with Gasteiger partial charge in [0, 0.05) is 4.47 Å². The van der Waals surface area contributed by atoms with E-state index < -0.39 is 11.6 Å². The summed E-state index contributed by atoms with van der Waals surface area (Å²) in [4.78, 5) is 0. The zero-order valence-electron chi connectivity index (χ0n) is 5.59. The van der Waals surface area contributed by atoms with E-state index in [0.717, 1.165) is 6.07 Å². The van der Waals surface area contributed by atoms with Gasteiger partial charge in [-0.1, -0.05) is 27.5 Å². The molecule has 0 N–H and O–H groups in total. The van der Waals surface area contributed by atoms with Crippen molar-refractivity contribution in [3.8, 4) is 0 Å². The molecule has 4 heteroatoms. The number of hydrogen-bond acceptors (Lipinski definition) is 0. The van der Waals surface area contributed by atoms with Crippen molar-refractivity contribution in [2.45, 2.75) is 6.92 Å². The Labute approximate surface area is 76.3 Å². The Morgan fingerprint density at radius 1 is 1.45 bits per heavy atom. The van der Waals surface area contributed by atoms with Gasteiger partial charge in [0.1, 0.15) is 0 Å². The van der Waals surface area contributed by atoms with Crippen LogP contribution in [0.1, 0.15) is 5.56 Å². The number of halogens is 4. The van der Waals surface area contributed by atoms with E-state index in [-0.39, 0.29) is 5.02 Å². The first-order valence-electron chi connectivity index (χ1n) is 2.83. The van der Waals surface area contributed by atoms with Crippen LogP contribution < -0.4 is 0 Å². The van der Waals surface area contributed by atoms with Crippen molar-refractivity contribution in [1.82, 2.24) is 0 Å². The van der Waals surface area contributed by atoms with Crippen LogP contribution in [0.5, 0.6) is 0 Å². The molecule has 0 aliphatic rings. The molecule has 0 heterocycles. The zero-order chi connectivity index (χ0) is 8.59. The van der Waals surface area contributed by atoms with Gasteiger partial charge in [-0.3, -0.25) is 0 Å². The van der Waals surface area contributed by atoms with Crippen LogP contribution in [0, 0.1) is 18.6 Å². The molecular formula is C7H4BrClF2. The molecule has 0 unspecified atom stereocenters. The second kappa shape index (κ2) is 3.07. The molecule has 0 saturated heterocycles. The van der Waals surface area contributed by atoms with Crippen LogP contribution in [0.3, 0.4) is 0 Å². The van der Waals surface area contributed by atoms with Crippen LogP contribution in [0.4, 0.5) is 8.78 Å². The van der Waals surface area contributed by atoms with Gasteiger partial charge in [-0.25, -0.2) is 8.78 Å². The summed E-state index contributed by atoms with van der Waals surface area (Å²) >= 11 is 8.48. The maximum atomic E-state index is 12.6. The molecule has 0 atom stereocenters. The van der Waals surface area contributed by atoms with E-state index in [4.69, 9.17) is 11.6 Å². The maximum absolute atomic E-state index is 12.6. The second-order valence-electron chi connectivity index (χ2n) is 2.09. The molecule has 1 aromatic rings. The molecule has 0 amide bonds. The van der Waals surface area contributed by atoms with E-state index in [2.05, 4.69) is 15.9 Å². The topological polar surface area (TPSA) is 0 Å². The van der Waals surface area contributed by atoms with E-state index in [9.17, 15) is 8.78 Å². The van der Waals surface area contributed by atoms with Crippen LogP contribution in [0.15, 0.2) is 10.5 Å². The highest BCUT2D eigenvalue weighted by atomic mass is 79.9. The quantitative estimate of drug-likeness (QED) is 0.480. The fourth-order valence-corrected chi connectivity index (χ4v) is 1.36. The molecule has 1 aromatic carbocycles. The van der Waals surface area contributed by atoms with E-state index in [0.29, 0.717) is 10.0 Å². The molecule has 0 nitrogen and oxygen atoms in total. The molecule has 60 valence electrons. The summed E-state index contributed by atoms with van der Waals surface area (Å²) in [7, 11) is 0. The average molecular weight is 241 g/mol. The standard InChI is InChI=1S/C7H4BrClF2/c1-3-4(8)2-5(10)7(11)6(3)9/h2H,1H3. The second-order valence-corrected chi connectivity index (χ2v) is 3.33. The summed E-state index contributed by atoms with van der Waals surface area (Å²) in [5.74, 6) is -1.93. The highest BCUT2D eigenvalue weighted by Crippen LogP contribution is 2.28. The molecule has 1 rings (SSSR count). The third kappa shape index (κ3) is 1.54. The van der Waals surface area contributed by atoms with E-state index in [1.807, 2.05) is 0 Å². The molecule has 0 aromatic heterocycles. The zero-order valence-corrected chi connectivity index (χ0v) is 7.93. The van der Waals surface area contributed by atoms with Gasteiger partial charge in [0.25, 0.3) is 0 Å². The predicted octanol–water partition coefficient (Wildman–Crippen LogP) is 3.69. The lowest BCUT2D eigenvalue weighted by molar-refractivity contribution is 0.507. The summed E-state index contributed by atoms with van der Waals surface area (Å²) in [5.41, 5.74) is 0.505. The van der Waals surface area contributed by atoms with Crippen LogP contribution in [-0.2, 0) is 0 Å². The van der Waals surface area contributed by atoms with Crippen molar-refractivity contribution >= 4 is 27.5 Å². The van der Waals surface area contributed by atoms with Gasteiger partial charge >= 0.3 is 0 Å². The summed E-state index contributed by atoms with van der Waals surface area (Å²) in [6, 6.07) is 1.05. The van der Waals surface area contributed by atoms with Gasteiger partial charge in [-0.15, -0.1) is 0 Å². The Bertz CT molecular complexity index is 273. The van der Waals surface area contributed by atoms with Crippen molar-refractivity contribution in [3.63, 3.8) is 0 Å². The normalized spacial score (nSPS) is 10.3. The average Bonchev–Trinajstić information content (AvgIpc) is 1.97. The van der Waals surface area contributed by atoms with Crippen molar-refractivity contribution in [3.05, 3.63) is 32.8 Å². The minimum atomic E-state index is -0.993. The van der Waals surface area contributed by atoms with Gasteiger partial charge in [0.05, 0.1) is 5.02 Å². The lowest BCUT2D eigenvalue weighted by Gasteiger charge is -2.02. The lowest BCUT2D eigenvalue weighted by Crippen LogP contribution is -1.89. The monoisotopic (exact) mass is 240 g/mol. The molecule has 0 spiro atoms. The largest absolute Gasteiger partial charge is 0.204 e. The molecular weight excluding hydrogens is 237 g/mol. The van der Waals surface area contributed by atoms with Crippen molar-refractivity contribution in [1.29, 1.82) is 0 Å². The molecule has 11 heavy (non-hydrogen) atoms. The van der Waals surface area contributed by atoms with Crippen molar-refractivity contribution < 1.29 is 8.78 Å². The van der Waals surface area contributed by atoms with Crippen LogP contribution >= 0.6 is 27.5 Å². The summed E-state index contributed by atoms with van der Waals surface area (Å²) in [6.45, 7) is 1.61. The Morgan fingerprint density at radius 3 is 2.55 bits per heavy atom. The van der Waals surface area contributed by atoms with E-state index in [1.54, 1.807) is 6.92 Å². The molecule has 0 fully saturated rings. The van der Waals surface area contributed by atoms with Gasteiger partial charge in [-0.2, -0.15) is 0 Å². The number of benzene rings is 1. The molecule has 0 aliphatic carbocycles. The van der Waals surface area contributed by atoms with Gasteiger partial charge < -0.3 is 0 Å². The number of hydrogen-bond donors (Lipinski definition) is 0. The minimum Gasteiger partial charge on any atom is -0.204 e. The molecule has 0 radical (unpaired) electrons. The van der Waals surface area contributed by atoms with Gasteiger partial charge in [0.2, 0.25) is 0 Å². The Morgan fingerprint density at radius 2 is 2.00 bits per heavy atom. The molecule has 0 bridgehead atoms. The molecule has 0 aliphatic heterocycles. The molecule has 0 saturated carbocycles. The summed E-state index contributed by atoms with van der Waals surface area (Å²) in [5, 5.41) is -0.170. The fraction of sp³-hybridized carbons (Fsp3) is 0.143. The Balaban J connectivity index is 3.46. The third-order valence-corrected chi connectivity index (χ3v) is 2.62. The van der Waals surface area contributed by atoms with Gasteiger partial charge in [0.15, 0.2) is 11.6 Å². The maximum Gasteiger partial charge on any atom is 0.177 e. The highest BCUT2D eigenvalue weighted by Gasteiger charge is 2.11. The summed E-state index contributed by atoms with van der Waals surface area (Å²) in [6.07, 6.45) is 0. The van der Waals surface area contributed by atoms with Gasteiger partial charge in [-0.05, 0) is 18.6 Å². The third-order valence-electron chi connectivity index (χ3n) is 1.34. The SMILES string of the molecule is Cc1c(Br)cc(F)c(F)c1Cl. The Hall–Kier alpha value is -0.150. The highest BCUT2D eigenvalue weighted by molar-refractivity contribution is 9.10. The smallest absolute Gasteiger partial charge is 0.177 e. The minimum absolute atomic E-state index is 0.170. The van der Waals surface area contributed by atoms with E-state index >= 15 is 0 Å². The van der Waals surface area contributed by atoms with Crippen LogP contribution in [0.25, 0.3) is 0 Å². The number of rotatable bonds is 0. The van der Waals surface area contributed by atoms with Crippen LogP contribution in [-0.4, -0.2) is 0 Å². The fourth-order valence-electron chi connectivity index (χ4n) is 0.657. The summed E-state index contributed by atoms with van der Waals surface area (Å²) < 4.78 is 25.6. The first-order valence-corrected chi connectivity index (χ1v) is 4.00. The first-order chi connectivity index (χ1) is 5.04. The lowest BCUT2D eigenvalue weighted by atomic mass is 10.2. The van der Waals surface area contributed by atoms with E-state index in [1.165, 1.54) is 0 Å². The van der Waals surface area contributed by atoms with Crippen LogP contribution in [0.2, 0.25) is 5.02 Å². The van der Waals surface area contributed by atoms with Crippen molar-refractivity contribution in [2.24, 2.45) is 0 Å². The Kier molecular flexibility index (Phi) is 2.50. The predicted molar refractivity (Wildman–Crippen MR) is 43.8 cm³/mol.